The van der Waals surface area contributed by atoms with E-state index >= 15 is 0 Å². The van der Waals surface area contributed by atoms with E-state index in [9.17, 15) is 13.2 Å². The van der Waals surface area contributed by atoms with Crippen LogP contribution in [0.4, 0.5) is 0 Å². The third-order valence-corrected chi connectivity index (χ3v) is 10.4. The van der Waals surface area contributed by atoms with Crippen LogP contribution in [-0.4, -0.2) is 65.3 Å². The van der Waals surface area contributed by atoms with Crippen molar-refractivity contribution in [3.63, 3.8) is 0 Å². The molecule has 4 aliphatic rings. The molecule has 0 unspecified atom stereocenters. The maximum Gasteiger partial charge on any atom is 0.283 e. The van der Waals surface area contributed by atoms with Gasteiger partial charge in [-0.1, -0.05) is 35.5 Å². The van der Waals surface area contributed by atoms with Gasteiger partial charge in [-0.3, -0.25) is 4.79 Å². The highest BCUT2D eigenvalue weighted by Gasteiger charge is 2.50. The molecule has 6 rings (SSSR count). The Morgan fingerprint density at radius 3 is 2.42 bits per heavy atom. The number of hydrogen-bond acceptors (Lipinski definition) is 6. The first-order valence-corrected chi connectivity index (χ1v) is 14.7. The Bertz CT molecular complexity index is 1160. The first kappa shape index (κ1) is 24.1. The van der Waals surface area contributed by atoms with Crippen molar-refractivity contribution in [1.29, 1.82) is 0 Å². The van der Waals surface area contributed by atoms with Crippen LogP contribution in [0, 0.1) is 0 Å². The fourth-order valence-electron chi connectivity index (χ4n) is 6.22. The maximum atomic E-state index is 14.2. The SMILES string of the molecule is O=C(N[C@H]1C[C@H]2CC[C@@H](C1)N2S(=O)(=O)N(Cc1ccccc1)C1CCNCC1)c1cc(C2CC2)on1. The fourth-order valence-corrected chi connectivity index (χ4v) is 8.50. The average Bonchev–Trinajstić information content (AvgIpc) is 3.54. The van der Waals surface area contributed by atoms with Gasteiger partial charge in [0, 0.05) is 42.7 Å². The lowest BCUT2D eigenvalue weighted by molar-refractivity contribution is 0.0896. The van der Waals surface area contributed by atoms with Crippen molar-refractivity contribution in [2.45, 2.75) is 88.0 Å². The Kier molecular flexibility index (Phi) is 6.62. The largest absolute Gasteiger partial charge is 0.360 e. The van der Waals surface area contributed by atoms with Gasteiger partial charge in [0.2, 0.25) is 0 Å². The average molecular weight is 514 g/mol. The second-order valence-electron chi connectivity index (χ2n) is 10.8. The number of benzene rings is 1. The number of hydrogen-bond donors (Lipinski definition) is 2. The molecular weight excluding hydrogens is 478 g/mol. The van der Waals surface area contributed by atoms with E-state index in [0.29, 0.717) is 31.0 Å². The van der Waals surface area contributed by atoms with Crippen molar-refractivity contribution in [3.05, 3.63) is 53.4 Å². The zero-order chi connectivity index (χ0) is 24.7. The molecule has 2 aromatic rings. The van der Waals surface area contributed by atoms with Crippen LogP contribution in [0.25, 0.3) is 0 Å². The van der Waals surface area contributed by atoms with Crippen molar-refractivity contribution in [3.8, 4) is 0 Å². The Morgan fingerprint density at radius 1 is 1.06 bits per heavy atom. The van der Waals surface area contributed by atoms with E-state index in [1.54, 1.807) is 14.7 Å². The second kappa shape index (κ2) is 9.89. The van der Waals surface area contributed by atoms with Gasteiger partial charge in [0.05, 0.1) is 0 Å². The van der Waals surface area contributed by atoms with Gasteiger partial charge in [0.1, 0.15) is 5.76 Å². The quantitative estimate of drug-likeness (QED) is 0.562. The lowest BCUT2D eigenvalue weighted by Gasteiger charge is -2.43. The van der Waals surface area contributed by atoms with Crippen LogP contribution in [0.2, 0.25) is 0 Å². The van der Waals surface area contributed by atoms with Crippen molar-refractivity contribution >= 4 is 16.1 Å². The number of aromatic nitrogens is 1. The molecule has 1 aromatic carbocycles. The summed E-state index contributed by atoms with van der Waals surface area (Å²) in [4.78, 5) is 12.8. The number of rotatable bonds is 8. The molecule has 1 amide bonds. The fraction of sp³-hybridized carbons (Fsp3) is 0.615. The Morgan fingerprint density at radius 2 is 1.75 bits per heavy atom. The highest BCUT2D eigenvalue weighted by molar-refractivity contribution is 7.86. The number of amides is 1. The van der Waals surface area contributed by atoms with Gasteiger partial charge in [0.25, 0.3) is 16.1 Å². The van der Waals surface area contributed by atoms with Crippen LogP contribution in [0.1, 0.15) is 79.1 Å². The first-order valence-electron chi connectivity index (χ1n) is 13.3. The van der Waals surface area contributed by atoms with E-state index in [0.717, 1.165) is 62.9 Å². The molecule has 4 heterocycles. The van der Waals surface area contributed by atoms with Crippen LogP contribution in [0.5, 0.6) is 0 Å². The predicted octanol–water partition coefficient (Wildman–Crippen LogP) is 2.78. The standard InChI is InChI=1S/C26H35N5O4S/c32-26(24-16-25(35-29-24)19-6-7-19)28-20-14-22-8-9-23(15-20)31(22)36(33,34)30(21-10-12-27-13-11-21)17-18-4-2-1-3-5-18/h1-5,16,19-23,27H,6-15,17H2,(H,28,32)/t20-,22+,23-. The minimum atomic E-state index is -3.66. The Labute approximate surface area is 212 Å². The monoisotopic (exact) mass is 513 g/mol. The van der Waals surface area contributed by atoms with Gasteiger partial charge in [-0.25, -0.2) is 0 Å². The third-order valence-electron chi connectivity index (χ3n) is 8.20. The molecule has 3 aliphatic heterocycles. The van der Waals surface area contributed by atoms with Crippen LogP contribution < -0.4 is 10.6 Å². The number of nitrogens with zero attached hydrogens (tertiary/aromatic N) is 3. The summed E-state index contributed by atoms with van der Waals surface area (Å²) in [5.74, 6) is 0.964. The molecule has 1 saturated carbocycles. The second-order valence-corrected chi connectivity index (χ2v) is 12.6. The smallest absolute Gasteiger partial charge is 0.283 e. The summed E-state index contributed by atoms with van der Waals surface area (Å²) in [7, 11) is -3.66. The number of nitrogens with one attached hydrogen (secondary N) is 2. The zero-order valence-electron chi connectivity index (χ0n) is 20.5. The number of piperidine rings is 2. The van der Waals surface area contributed by atoms with E-state index in [-0.39, 0.29) is 30.1 Å². The number of carbonyl (C=O) groups excluding carboxylic acids is 1. The van der Waals surface area contributed by atoms with Gasteiger partial charge in [0.15, 0.2) is 5.69 Å². The lowest BCUT2D eigenvalue weighted by Crippen LogP contribution is -2.58. The van der Waals surface area contributed by atoms with E-state index < -0.39 is 10.2 Å². The predicted molar refractivity (Wildman–Crippen MR) is 134 cm³/mol. The van der Waals surface area contributed by atoms with Crippen molar-refractivity contribution < 1.29 is 17.7 Å². The maximum absolute atomic E-state index is 14.2. The number of fused-ring (bicyclic) bond motifs is 2. The summed E-state index contributed by atoms with van der Waals surface area (Å²) >= 11 is 0. The molecule has 1 aliphatic carbocycles. The molecule has 2 bridgehead atoms. The minimum Gasteiger partial charge on any atom is -0.360 e. The Hall–Kier alpha value is -2.27. The Balaban J connectivity index is 1.17. The van der Waals surface area contributed by atoms with Crippen LogP contribution >= 0.6 is 0 Å². The van der Waals surface area contributed by atoms with Crippen molar-refractivity contribution in [1.82, 2.24) is 24.4 Å². The summed E-state index contributed by atoms with van der Waals surface area (Å²) in [5.41, 5.74) is 1.33. The van der Waals surface area contributed by atoms with Gasteiger partial charge < -0.3 is 15.2 Å². The summed E-state index contributed by atoms with van der Waals surface area (Å²) < 4.78 is 37.3. The molecule has 2 N–H and O–H groups in total. The molecule has 10 heteroatoms. The molecular formula is C26H35N5O4S. The summed E-state index contributed by atoms with van der Waals surface area (Å²) in [5, 5.41) is 10.4. The first-order chi connectivity index (χ1) is 17.5. The normalized spacial score (nSPS) is 27.4. The molecule has 36 heavy (non-hydrogen) atoms. The van der Waals surface area contributed by atoms with E-state index in [2.05, 4.69) is 15.8 Å². The topological polar surface area (TPSA) is 108 Å². The zero-order valence-corrected chi connectivity index (χ0v) is 21.3. The van der Waals surface area contributed by atoms with Crippen molar-refractivity contribution in [2.24, 2.45) is 0 Å². The molecule has 4 fully saturated rings. The summed E-state index contributed by atoms with van der Waals surface area (Å²) in [6.07, 6.45) is 6.72. The molecule has 3 saturated heterocycles. The van der Waals surface area contributed by atoms with Crippen LogP contribution in [-0.2, 0) is 16.8 Å². The third kappa shape index (κ3) is 4.83. The summed E-state index contributed by atoms with van der Waals surface area (Å²) in [6.45, 7) is 2.05. The van der Waals surface area contributed by atoms with Crippen LogP contribution in [0.3, 0.4) is 0 Å². The molecule has 9 nitrogen and oxygen atoms in total. The molecule has 1 aromatic heterocycles. The number of carbonyl (C=O) groups is 1. The molecule has 194 valence electrons. The highest BCUT2D eigenvalue weighted by Crippen LogP contribution is 2.41. The van der Waals surface area contributed by atoms with Gasteiger partial charge in [-0.2, -0.15) is 17.0 Å². The van der Waals surface area contributed by atoms with E-state index in [1.165, 1.54) is 0 Å². The van der Waals surface area contributed by atoms with Gasteiger partial charge in [-0.05, 0) is 70.0 Å². The van der Waals surface area contributed by atoms with Crippen LogP contribution in [0.15, 0.2) is 40.9 Å². The molecule has 0 spiro atoms. The van der Waals surface area contributed by atoms with E-state index in [1.807, 2.05) is 30.3 Å². The molecule has 0 radical (unpaired) electrons. The van der Waals surface area contributed by atoms with Gasteiger partial charge in [-0.15, -0.1) is 0 Å². The lowest BCUT2D eigenvalue weighted by atomic mass is 9.99. The summed E-state index contributed by atoms with van der Waals surface area (Å²) in [6, 6.07) is 11.4. The minimum absolute atomic E-state index is 0.0129. The van der Waals surface area contributed by atoms with E-state index in [4.69, 9.17) is 4.52 Å². The van der Waals surface area contributed by atoms with Crippen molar-refractivity contribution in [2.75, 3.05) is 13.1 Å². The molecule has 3 atom stereocenters. The van der Waals surface area contributed by atoms with Gasteiger partial charge >= 0.3 is 0 Å². The highest BCUT2D eigenvalue weighted by atomic mass is 32.2.